The Balaban J connectivity index is 1.78. The largest absolute Gasteiger partial charge is 0.300 e. The number of ketones is 1. The van der Waals surface area contributed by atoms with Crippen LogP contribution in [0.15, 0.2) is 0 Å². The van der Waals surface area contributed by atoms with Crippen molar-refractivity contribution in [2.45, 2.75) is 89.9 Å². The van der Waals surface area contributed by atoms with Gasteiger partial charge in [-0.25, -0.2) is 0 Å². The molecule has 0 heterocycles. The van der Waals surface area contributed by atoms with Gasteiger partial charge in [0.1, 0.15) is 5.78 Å². The third kappa shape index (κ3) is 2.76. The Bertz CT molecular complexity index is 278. The molecule has 0 aromatic heterocycles. The highest BCUT2D eigenvalue weighted by molar-refractivity contribution is 5.79. The van der Waals surface area contributed by atoms with E-state index in [2.05, 4.69) is 0 Å². The van der Waals surface area contributed by atoms with Gasteiger partial charge in [-0.3, -0.25) is 4.79 Å². The van der Waals surface area contributed by atoms with Gasteiger partial charge in [0, 0.05) is 12.8 Å². The summed E-state index contributed by atoms with van der Waals surface area (Å²) >= 11 is 0. The van der Waals surface area contributed by atoms with Crippen LogP contribution in [0.5, 0.6) is 0 Å². The van der Waals surface area contributed by atoms with Crippen molar-refractivity contribution in [3.8, 4) is 0 Å². The van der Waals surface area contributed by atoms with Crippen LogP contribution in [0.3, 0.4) is 0 Å². The van der Waals surface area contributed by atoms with Crippen LogP contribution in [-0.2, 0) is 4.79 Å². The number of Topliss-reactive ketones (excluding diaryl/α,β-unsaturated/α-hetero) is 1. The lowest BCUT2D eigenvalue weighted by Gasteiger charge is -2.51. The molecule has 3 rings (SSSR count). The Kier molecular flexibility index (Phi) is 4.29. The molecule has 3 saturated carbocycles. The van der Waals surface area contributed by atoms with Gasteiger partial charge in [-0.2, -0.15) is 0 Å². The molecule has 1 heteroatoms. The molecule has 3 aliphatic rings. The summed E-state index contributed by atoms with van der Waals surface area (Å²) in [4.78, 5) is 11.7. The highest BCUT2D eigenvalue weighted by Crippen LogP contribution is 2.55. The zero-order valence-corrected chi connectivity index (χ0v) is 12.5. The highest BCUT2D eigenvalue weighted by atomic mass is 16.1. The molecule has 0 atom stereocenters. The minimum absolute atomic E-state index is 0.544. The maximum atomic E-state index is 11.7. The van der Waals surface area contributed by atoms with Gasteiger partial charge in [0.15, 0.2) is 0 Å². The first-order chi connectivity index (χ1) is 9.31. The van der Waals surface area contributed by atoms with Crippen LogP contribution in [-0.4, -0.2) is 5.78 Å². The molecule has 0 N–H and O–H groups in total. The molecule has 3 fully saturated rings. The van der Waals surface area contributed by atoms with Gasteiger partial charge in [0.05, 0.1) is 0 Å². The van der Waals surface area contributed by atoms with E-state index in [1.54, 1.807) is 0 Å². The second-order valence-electron chi connectivity index (χ2n) is 7.44. The topological polar surface area (TPSA) is 17.1 Å². The van der Waals surface area contributed by atoms with Crippen molar-refractivity contribution in [3.05, 3.63) is 0 Å². The molecule has 0 aromatic carbocycles. The van der Waals surface area contributed by atoms with Crippen LogP contribution in [0.2, 0.25) is 0 Å². The van der Waals surface area contributed by atoms with Gasteiger partial charge in [-0.05, 0) is 55.8 Å². The van der Waals surface area contributed by atoms with Crippen molar-refractivity contribution in [1.82, 2.24) is 0 Å². The Morgan fingerprint density at radius 3 is 1.53 bits per heavy atom. The van der Waals surface area contributed by atoms with Crippen LogP contribution in [0.4, 0.5) is 0 Å². The van der Waals surface area contributed by atoms with Gasteiger partial charge in [-0.15, -0.1) is 0 Å². The molecule has 0 radical (unpaired) electrons. The zero-order valence-electron chi connectivity index (χ0n) is 12.5. The summed E-state index contributed by atoms with van der Waals surface area (Å²) in [5, 5.41) is 0. The van der Waals surface area contributed by atoms with Crippen molar-refractivity contribution in [2.24, 2.45) is 17.3 Å². The molecule has 0 amide bonds. The van der Waals surface area contributed by atoms with E-state index in [1.807, 2.05) is 0 Å². The zero-order chi connectivity index (χ0) is 13.1. The average Bonchev–Trinajstić information content (AvgIpc) is 2.50. The van der Waals surface area contributed by atoms with Gasteiger partial charge in [-0.1, -0.05) is 38.5 Å². The van der Waals surface area contributed by atoms with Crippen molar-refractivity contribution < 1.29 is 4.79 Å². The fraction of sp³-hybridized carbons (Fsp3) is 0.944. The number of hydrogen-bond donors (Lipinski definition) is 0. The Labute approximate surface area is 118 Å². The smallest absolute Gasteiger partial charge is 0.132 e. The fourth-order valence-electron chi connectivity index (χ4n) is 5.50. The Morgan fingerprint density at radius 2 is 1.11 bits per heavy atom. The van der Waals surface area contributed by atoms with E-state index in [0.29, 0.717) is 11.2 Å². The number of carbonyl (C=O) groups is 1. The molecule has 1 nitrogen and oxygen atoms in total. The fourth-order valence-corrected chi connectivity index (χ4v) is 5.50. The Hall–Kier alpha value is -0.330. The van der Waals surface area contributed by atoms with E-state index in [9.17, 15) is 4.79 Å². The van der Waals surface area contributed by atoms with Crippen molar-refractivity contribution >= 4 is 5.78 Å². The molecule has 0 unspecified atom stereocenters. The summed E-state index contributed by atoms with van der Waals surface area (Å²) in [5.41, 5.74) is 0.578. The van der Waals surface area contributed by atoms with Gasteiger partial charge >= 0.3 is 0 Å². The summed E-state index contributed by atoms with van der Waals surface area (Å²) in [6.07, 6.45) is 18.8. The second kappa shape index (κ2) is 5.97. The first-order valence-electron chi connectivity index (χ1n) is 8.83. The standard InChI is InChI=1S/C18H30O/c19-17-11-13-18(14-12-17,15-7-3-1-4-8-15)16-9-5-2-6-10-16/h15-16H,1-14H2. The molecular weight excluding hydrogens is 232 g/mol. The SMILES string of the molecule is O=C1CCC(C2CCCCC2)(C2CCCCC2)CC1. The van der Waals surface area contributed by atoms with Crippen LogP contribution in [0.25, 0.3) is 0 Å². The lowest BCUT2D eigenvalue weighted by Crippen LogP contribution is -2.43. The monoisotopic (exact) mass is 262 g/mol. The van der Waals surface area contributed by atoms with Crippen LogP contribution < -0.4 is 0 Å². The van der Waals surface area contributed by atoms with Gasteiger partial charge < -0.3 is 0 Å². The van der Waals surface area contributed by atoms with Crippen LogP contribution in [0.1, 0.15) is 89.9 Å². The van der Waals surface area contributed by atoms with Gasteiger partial charge in [0.25, 0.3) is 0 Å². The van der Waals surface area contributed by atoms with Crippen LogP contribution >= 0.6 is 0 Å². The van der Waals surface area contributed by atoms with Crippen molar-refractivity contribution in [1.29, 1.82) is 0 Å². The number of rotatable bonds is 2. The summed E-state index contributed by atoms with van der Waals surface area (Å²) in [5.74, 6) is 2.46. The summed E-state index contributed by atoms with van der Waals surface area (Å²) in [6.45, 7) is 0. The summed E-state index contributed by atoms with van der Waals surface area (Å²) < 4.78 is 0. The molecular formula is C18H30O. The van der Waals surface area contributed by atoms with Crippen LogP contribution in [0, 0.1) is 17.3 Å². The normalized spacial score (nSPS) is 30.4. The molecule has 3 aliphatic carbocycles. The molecule has 0 aliphatic heterocycles. The predicted molar refractivity (Wildman–Crippen MR) is 79.1 cm³/mol. The minimum Gasteiger partial charge on any atom is -0.300 e. The minimum atomic E-state index is 0.544. The van der Waals surface area contributed by atoms with E-state index >= 15 is 0 Å². The van der Waals surface area contributed by atoms with Crippen molar-refractivity contribution in [2.75, 3.05) is 0 Å². The lowest BCUT2D eigenvalue weighted by atomic mass is 9.53. The molecule has 0 aromatic rings. The number of carbonyl (C=O) groups excluding carboxylic acids is 1. The average molecular weight is 262 g/mol. The van der Waals surface area contributed by atoms with E-state index < -0.39 is 0 Å². The van der Waals surface area contributed by atoms with E-state index in [0.717, 1.165) is 24.7 Å². The quantitative estimate of drug-likeness (QED) is 0.662. The van der Waals surface area contributed by atoms with E-state index in [1.165, 1.54) is 77.0 Å². The van der Waals surface area contributed by atoms with Gasteiger partial charge in [0.2, 0.25) is 0 Å². The Morgan fingerprint density at radius 1 is 0.684 bits per heavy atom. The maximum absolute atomic E-state index is 11.7. The number of hydrogen-bond acceptors (Lipinski definition) is 1. The summed E-state index contributed by atoms with van der Waals surface area (Å²) in [6, 6.07) is 0. The third-order valence-electron chi connectivity index (χ3n) is 6.58. The predicted octanol–water partition coefficient (Wildman–Crippen LogP) is 5.28. The molecule has 108 valence electrons. The first-order valence-corrected chi connectivity index (χ1v) is 8.83. The summed E-state index contributed by atoms with van der Waals surface area (Å²) in [7, 11) is 0. The van der Waals surface area contributed by atoms with Crippen molar-refractivity contribution in [3.63, 3.8) is 0 Å². The molecule has 0 spiro atoms. The molecule has 0 bridgehead atoms. The van der Waals surface area contributed by atoms with E-state index in [4.69, 9.17) is 0 Å². The lowest BCUT2D eigenvalue weighted by molar-refractivity contribution is -0.126. The first kappa shape index (κ1) is 13.6. The second-order valence-corrected chi connectivity index (χ2v) is 7.44. The molecule has 19 heavy (non-hydrogen) atoms. The molecule has 0 saturated heterocycles. The third-order valence-corrected chi connectivity index (χ3v) is 6.58. The highest BCUT2D eigenvalue weighted by Gasteiger charge is 2.46. The maximum Gasteiger partial charge on any atom is 0.132 e. The van der Waals surface area contributed by atoms with E-state index in [-0.39, 0.29) is 0 Å².